The lowest BCUT2D eigenvalue weighted by Crippen LogP contribution is -2.52. The highest BCUT2D eigenvalue weighted by Crippen LogP contribution is 2.38. The van der Waals surface area contributed by atoms with Gasteiger partial charge >= 0.3 is 0 Å². The molecular formula is C28H30FNO5. The predicted molar refractivity (Wildman–Crippen MR) is 130 cm³/mol. The summed E-state index contributed by atoms with van der Waals surface area (Å²) in [4.78, 5) is 11.3. The van der Waals surface area contributed by atoms with Gasteiger partial charge in [-0.2, -0.15) is 0 Å². The standard InChI is InChI=1S/C28H30FNO5/c1-17-25(32)26(33)28(35-27(17)20-7-4-3-5-8-20)34-23-12-11-19(13-14-30-18(2)31)24(16-23)21-9-6-10-22(29)15-21/h3-12,15-17,25-28,32-33H,13-14H2,1-2H3,(H,30,31)/t17-,25-,26-,27+,28+/m1/s1. The average Bonchev–Trinajstić information content (AvgIpc) is 2.85. The van der Waals surface area contributed by atoms with Crippen LogP contribution < -0.4 is 10.1 Å². The van der Waals surface area contributed by atoms with Gasteiger partial charge in [0.05, 0.1) is 12.2 Å². The van der Waals surface area contributed by atoms with Gasteiger partial charge < -0.3 is 25.0 Å². The third-order valence-corrected chi connectivity index (χ3v) is 6.29. The summed E-state index contributed by atoms with van der Waals surface area (Å²) in [7, 11) is 0. The van der Waals surface area contributed by atoms with Crippen molar-refractivity contribution >= 4 is 5.91 Å². The van der Waals surface area contributed by atoms with Gasteiger partial charge in [-0.1, -0.05) is 55.5 Å². The van der Waals surface area contributed by atoms with Crippen LogP contribution in [0.2, 0.25) is 0 Å². The Hall–Kier alpha value is -3.26. The molecule has 3 aromatic carbocycles. The topological polar surface area (TPSA) is 88.0 Å². The molecule has 1 heterocycles. The Morgan fingerprint density at radius 3 is 2.51 bits per heavy atom. The smallest absolute Gasteiger partial charge is 0.229 e. The van der Waals surface area contributed by atoms with Crippen LogP contribution in [0.25, 0.3) is 11.1 Å². The zero-order valence-corrected chi connectivity index (χ0v) is 19.7. The second kappa shape index (κ2) is 11.0. The molecule has 1 aliphatic heterocycles. The summed E-state index contributed by atoms with van der Waals surface area (Å²) in [5, 5.41) is 24.2. The molecule has 184 valence electrons. The average molecular weight is 480 g/mol. The summed E-state index contributed by atoms with van der Waals surface area (Å²) in [6.45, 7) is 3.72. The molecule has 5 atom stereocenters. The fraction of sp³-hybridized carbons (Fsp3) is 0.321. The lowest BCUT2D eigenvalue weighted by Gasteiger charge is -2.41. The lowest BCUT2D eigenvalue weighted by molar-refractivity contribution is -0.258. The van der Waals surface area contributed by atoms with E-state index in [1.807, 2.05) is 43.3 Å². The Bertz CT molecular complexity index is 1160. The quantitative estimate of drug-likeness (QED) is 0.477. The number of aliphatic hydroxyl groups excluding tert-OH is 2. The first-order chi connectivity index (χ1) is 16.8. The minimum atomic E-state index is -1.25. The van der Waals surface area contributed by atoms with Crippen molar-refractivity contribution in [3.05, 3.63) is 89.7 Å². The maximum atomic E-state index is 14.0. The molecule has 1 aliphatic rings. The van der Waals surface area contributed by atoms with E-state index in [0.717, 1.165) is 16.7 Å². The monoisotopic (exact) mass is 479 g/mol. The molecule has 7 heteroatoms. The van der Waals surface area contributed by atoms with Crippen LogP contribution in [0.4, 0.5) is 4.39 Å². The molecule has 0 saturated carbocycles. The summed E-state index contributed by atoms with van der Waals surface area (Å²) in [5.74, 6) is -0.423. The summed E-state index contributed by atoms with van der Waals surface area (Å²) in [6.07, 6.45) is -3.31. The minimum absolute atomic E-state index is 0.124. The highest BCUT2D eigenvalue weighted by Gasteiger charge is 2.44. The number of carbonyl (C=O) groups excluding carboxylic acids is 1. The molecular weight excluding hydrogens is 449 g/mol. The highest BCUT2D eigenvalue weighted by molar-refractivity contribution is 5.73. The zero-order valence-electron chi connectivity index (χ0n) is 19.7. The van der Waals surface area contributed by atoms with Crippen LogP contribution in [0.15, 0.2) is 72.8 Å². The number of hydrogen-bond donors (Lipinski definition) is 3. The van der Waals surface area contributed by atoms with Crippen LogP contribution in [0.5, 0.6) is 5.75 Å². The van der Waals surface area contributed by atoms with Gasteiger partial charge in [0.25, 0.3) is 0 Å². The van der Waals surface area contributed by atoms with Crippen molar-refractivity contribution in [3.63, 3.8) is 0 Å². The molecule has 0 aliphatic carbocycles. The number of amides is 1. The van der Waals surface area contributed by atoms with E-state index in [1.54, 1.807) is 24.3 Å². The largest absolute Gasteiger partial charge is 0.462 e. The van der Waals surface area contributed by atoms with Gasteiger partial charge in [-0.15, -0.1) is 0 Å². The van der Waals surface area contributed by atoms with Crippen molar-refractivity contribution in [3.8, 4) is 16.9 Å². The van der Waals surface area contributed by atoms with E-state index in [1.165, 1.54) is 19.1 Å². The molecule has 6 nitrogen and oxygen atoms in total. The Balaban J connectivity index is 1.61. The van der Waals surface area contributed by atoms with E-state index in [0.29, 0.717) is 24.3 Å². The molecule has 3 N–H and O–H groups in total. The Morgan fingerprint density at radius 1 is 1.03 bits per heavy atom. The van der Waals surface area contributed by atoms with Crippen molar-refractivity contribution in [2.45, 2.75) is 44.9 Å². The van der Waals surface area contributed by atoms with Crippen LogP contribution in [0, 0.1) is 11.7 Å². The van der Waals surface area contributed by atoms with E-state index < -0.39 is 24.6 Å². The predicted octanol–water partition coefficient (Wildman–Crippen LogP) is 4.01. The maximum absolute atomic E-state index is 14.0. The SMILES string of the molecule is CC(=O)NCCc1ccc(O[C@H]2O[C@H](c3ccccc3)[C@H](C)[C@@H](O)[C@H]2O)cc1-c1cccc(F)c1. The molecule has 0 unspecified atom stereocenters. The molecule has 3 aromatic rings. The summed E-state index contributed by atoms with van der Waals surface area (Å²) in [5.41, 5.74) is 3.19. The number of aliphatic hydroxyl groups is 2. The maximum Gasteiger partial charge on any atom is 0.229 e. The van der Waals surface area contributed by atoms with Gasteiger partial charge in [0.2, 0.25) is 12.2 Å². The molecule has 0 aromatic heterocycles. The van der Waals surface area contributed by atoms with Crippen molar-refractivity contribution in [1.29, 1.82) is 0 Å². The summed E-state index contributed by atoms with van der Waals surface area (Å²) >= 11 is 0. The number of ether oxygens (including phenoxy) is 2. The third-order valence-electron chi connectivity index (χ3n) is 6.29. The number of rotatable bonds is 7. The van der Waals surface area contributed by atoms with E-state index in [2.05, 4.69) is 5.32 Å². The molecule has 4 rings (SSSR count). The van der Waals surface area contributed by atoms with Gasteiger partial charge in [0.1, 0.15) is 17.7 Å². The van der Waals surface area contributed by atoms with E-state index in [4.69, 9.17) is 9.47 Å². The van der Waals surface area contributed by atoms with Gasteiger partial charge in [0.15, 0.2) is 0 Å². The van der Waals surface area contributed by atoms with E-state index >= 15 is 0 Å². The molecule has 0 bridgehead atoms. The van der Waals surface area contributed by atoms with Crippen molar-refractivity contribution in [1.82, 2.24) is 5.32 Å². The summed E-state index contributed by atoms with van der Waals surface area (Å²) < 4.78 is 26.1. The minimum Gasteiger partial charge on any atom is -0.462 e. The van der Waals surface area contributed by atoms with Crippen LogP contribution >= 0.6 is 0 Å². The van der Waals surface area contributed by atoms with Crippen LogP contribution in [-0.4, -0.2) is 41.2 Å². The van der Waals surface area contributed by atoms with Crippen LogP contribution in [0.3, 0.4) is 0 Å². The fourth-order valence-electron chi connectivity index (χ4n) is 4.40. The third kappa shape index (κ3) is 5.88. The second-order valence-corrected chi connectivity index (χ2v) is 8.86. The zero-order chi connectivity index (χ0) is 24.9. The van der Waals surface area contributed by atoms with Crippen molar-refractivity contribution < 1.29 is 28.9 Å². The Labute approximate surface area is 204 Å². The first kappa shape index (κ1) is 24.9. The highest BCUT2D eigenvalue weighted by atomic mass is 19.1. The fourth-order valence-corrected chi connectivity index (χ4v) is 4.40. The van der Waals surface area contributed by atoms with Crippen molar-refractivity contribution in [2.24, 2.45) is 5.92 Å². The molecule has 35 heavy (non-hydrogen) atoms. The number of carbonyl (C=O) groups is 1. The van der Waals surface area contributed by atoms with Gasteiger partial charge in [-0.05, 0) is 52.9 Å². The van der Waals surface area contributed by atoms with Crippen molar-refractivity contribution in [2.75, 3.05) is 6.54 Å². The Morgan fingerprint density at radius 2 is 1.80 bits per heavy atom. The molecule has 1 saturated heterocycles. The number of halogens is 1. The summed E-state index contributed by atoms with van der Waals surface area (Å²) in [6, 6.07) is 21.1. The second-order valence-electron chi connectivity index (χ2n) is 8.86. The first-order valence-corrected chi connectivity index (χ1v) is 11.7. The van der Waals surface area contributed by atoms with Crippen LogP contribution in [-0.2, 0) is 16.0 Å². The van der Waals surface area contributed by atoms with Gasteiger partial charge in [0, 0.05) is 19.4 Å². The number of nitrogens with one attached hydrogen (secondary N) is 1. The molecule has 1 amide bonds. The van der Waals surface area contributed by atoms with Gasteiger partial charge in [-0.3, -0.25) is 4.79 Å². The molecule has 1 fully saturated rings. The number of hydrogen-bond acceptors (Lipinski definition) is 5. The Kier molecular flexibility index (Phi) is 7.80. The van der Waals surface area contributed by atoms with E-state index in [9.17, 15) is 19.4 Å². The molecule has 0 spiro atoms. The number of benzene rings is 3. The van der Waals surface area contributed by atoms with Crippen LogP contribution in [0.1, 0.15) is 31.1 Å². The normalized spacial score (nSPS) is 24.1. The van der Waals surface area contributed by atoms with Gasteiger partial charge in [-0.25, -0.2) is 4.39 Å². The first-order valence-electron chi connectivity index (χ1n) is 11.7. The van der Waals surface area contributed by atoms with E-state index in [-0.39, 0.29) is 17.6 Å². The lowest BCUT2D eigenvalue weighted by atomic mass is 9.87. The molecule has 0 radical (unpaired) electrons.